The molecule has 0 atom stereocenters. The lowest BCUT2D eigenvalue weighted by Crippen LogP contribution is -2.03. The van der Waals surface area contributed by atoms with Crippen LogP contribution in [0.25, 0.3) is 17.1 Å². The van der Waals surface area contributed by atoms with Crippen LogP contribution in [0.15, 0.2) is 42.7 Å². The molecule has 0 fully saturated rings. The van der Waals surface area contributed by atoms with E-state index in [1.165, 1.54) is 11.1 Å². The van der Waals surface area contributed by atoms with E-state index in [1.807, 2.05) is 16.7 Å². The fraction of sp³-hybridized carbons (Fsp3) is 0.188. The highest BCUT2D eigenvalue weighted by Crippen LogP contribution is 2.24. The van der Waals surface area contributed by atoms with E-state index >= 15 is 0 Å². The molecule has 0 radical (unpaired) electrons. The van der Waals surface area contributed by atoms with Crippen molar-refractivity contribution in [2.75, 3.05) is 0 Å². The van der Waals surface area contributed by atoms with Gasteiger partial charge in [-0.05, 0) is 49.2 Å². The number of halogens is 1. The topological polar surface area (TPSA) is 43.6 Å². The van der Waals surface area contributed by atoms with Gasteiger partial charge in [0.1, 0.15) is 0 Å². The number of hydrogen-bond donors (Lipinski definition) is 0. The van der Waals surface area contributed by atoms with Crippen LogP contribution in [-0.2, 0) is 5.88 Å². The number of aromatic nitrogens is 4. The van der Waals surface area contributed by atoms with E-state index in [9.17, 15) is 0 Å². The molecule has 0 N–H and O–H groups in total. The summed E-state index contributed by atoms with van der Waals surface area (Å²) in [6, 6.07) is 10.2. The average molecular weight is 299 g/mol. The highest BCUT2D eigenvalue weighted by atomic mass is 35.5. The van der Waals surface area contributed by atoms with Crippen molar-refractivity contribution >= 4 is 11.6 Å². The number of alkyl halides is 1. The van der Waals surface area contributed by atoms with Gasteiger partial charge in [0, 0.05) is 23.6 Å². The number of hydrogen-bond acceptors (Lipinski definition) is 3. The van der Waals surface area contributed by atoms with Crippen LogP contribution in [0.3, 0.4) is 0 Å². The first-order chi connectivity index (χ1) is 10.2. The predicted octanol–water partition coefficient (Wildman–Crippen LogP) is 3.68. The first-order valence-corrected chi connectivity index (χ1v) is 7.22. The van der Waals surface area contributed by atoms with Crippen LogP contribution in [0.5, 0.6) is 0 Å². The molecule has 21 heavy (non-hydrogen) atoms. The molecule has 2 aromatic heterocycles. The molecule has 0 amide bonds. The largest absolute Gasteiger partial charge is 0.278 e. The second kappa shape index (κ2) is 5.66. The van der Waals surface area contributed by atoms with Gasteiger partial charge in [-0.1, -0.05) is 6.07 Å². The smallest absolute Gasteiger partial charge is 0.170 e. The number of pyridine rings is 1. The molecule has 4 nitrogen and oxygen atoms in total. The Hall–Kier alpha value is -2.20. The van der Waals surface area contributed by atoms with Crippen LogP contribution in [0.2, 0.25) is 0 Å². The monoisotopic (exact) mass is 298 g/mol. The van der Waals surface area contributed by atoms with Crippen molar-refractivity contribution in [2.24, 2.45) is 0 Å². The molecule has 0 bridgehead atoms. The number of nitrogens with zero attached hydrogens (tertiary/aromatic N) is 4. The van der Waals surface area contributed by atoms with E-state index in [2.05, 4.69) is 47.2 Å². The van der Waals surface area contributed by atoms with Crippen molar-refractivity contribution in [3.63, 3.8) is 0 Å². The lowest BCUT2D eigenvalue weighted by Gasteiger charge is -2.11. The summed E-state index contributed by atoms with van der Waals surface area (Å²) in [6.07, 6.45) is 3.52. The molecule has 0 unspecified atom stereocenters. The molecule has 106 valence electrons. The zero-order valence-corrected chi connectivity index (χ0v) is 12.7. The standard InChI is InChI=1S/C16H15ClN4/c1-11-6-12(2)8-14(7-11)21-15(9-17)19-20-16(21)13-4-3-5-18-10-13/h3-8,10H,9H2,1-2H3. The van der Waals surface area contributed by atoms with Gasteiger partial charge in [-0.15, -0.1) is 21.8 Å². The lowest BCUT2D eigenvalue weighted by atomic mass is 10.1. The van der Waals surface area contributed by atoms with E-state index in [0.717, 1.165) is 22.9 Å². The zero-order chi connectivity index (χ0) is 14.8. The van der Waals surface area contributed by atoms with Crippen molar-refractivity contribution in [2.45, 2.75) is 19.7 Å². The Morgan fingerprint density at radius 2 is 1.86 bits per heavy atom. The third-order valence-electron chi connectivity index (χ3n) is 3.23. The highest BCUT2D eigenvalue weighted by molar-refractivity contribution is 6.16. The summed E-state index contributed by atoms with van der Waals surface area (Å²) in [6.45, 7) is 4.15. The van der Waals surface area contributed by atoms with Crippen molar-refractivity contribution in [3.05, 3.63) is 59.7 Å². The molecule has 3 rings (SSSR count). The van der Waals surface area contributed by atoms with E-state index in [0.29, 0.717) is 5.88 Å². The molecule has 3 aromatic rings. The third kappa shape index (κ3) is 2.67. The van der Waals surface area contributed by atoms with Gasteiger partial charge in [-0.2, -0.15) is 0 Å². The predicted molar refractivity (Wildman–Crippen MR) is 83.6 cm³/mol. The van der Waals surface area contributed by atoms with Crippen molar-refractivity contribution in [1.82, 2.24) is 19.7 Å². The van der Waals surface area contributed by atoms with Gasteiger partial charge in [0.2, 0.25) is 0 Å². The Labute approximate surface area is 128 Å². The Morgan fingerprint density at radius 3 is 2.48 bits per heavy atom. The summed E-state index contributed by atoms with van der Waals surface area (Å²) in [4.78, 5) is 4.15. The first kappa shape index (κ1) is 13.8. The maximum atomic E-state index is 6.02. The molecule has 0 aliphatic heterocycles. The lowest BCUT2D eigenvalue weighted by molar-refractivity contribution is 0.950. The summed E-state index contributed by atoms with van der Waals surface area (Å²) >= 11 is 6.02. The van der Waals surface area contributed by atoms with E-state index in [4.69, 9.17) is 11.6 Å². The van der Waals surface area contributed by atoms with Crippen molar-refractivity contribution in [3.8, 4) is 17.1 Å². The number of rotatable bonds is 3. The van der Waals surface area contributed by atoms with Gasteiger partial charge in [-0.3, -0.25) is 9.55 Å². The van der Waals surface area contributed by atoms with Gasteiger partial charge in [0.25, 0.3) is 0 Å². The van der Waals surface area contributed by atoms with Gasteiger partial charge in [0.05, 0.1) is 5.88 Å². The normalized spacial score (nSPS) is 10.8. The third-order valence-corrected chi connectivity index (χ3v) is 3.47. The van der Waals surface area contributed by atoms with E-state index < -0.39 is 0 Å². The summed E-state index contributed by atoms with van der Waals surface area (Å²) < 4.78 is 1.99. The molecule has 0 aliphatic rings. The quantitative estimate of drug-likeness (QED) is 0.693. The zero-order valence-electron chi connectivity index (χ0n) is 11.9. The van der Waals surface area contributed by atoms with Gasteiger partial charge in [-0.25, -0.2) is 0 Å². The minimum absolute atomic E-state index is 0.306. The summed E-state index contributed by atoms with van der Waals surface area (Å²) in [5.74, 6) is 1.78. The van der Waals surface area contributed by atoms with Crippen LogP contribution in [-0.4, -0.2) is 19.7 Å². The van der Waals surface area contributed by atoms with E-state index in [1.54, 1.807) is 12.4 Å². The Morgan fingerprint density at radius 1 is 1.10 bits per heavy atom. The first-order valence-electron chi connectivity index (χ1n) is 6.68. The van der Waals surface area contributed by atoms with Crippen LogP contribution in [0, 0.1) is 13.8 Å². The van der Waals surface area contributed by atoms with Crippen LogP contribution >= 0.6 is 11.6 Å². The highest BCUT2D eigenvalue weighted by Gasteiger charge is 2.15. The summed E-state index contributed by atoms with van der Waals surface area (Å²) in [5.41, 5.74) is 4.32. The minimum Gasteiger partial charge on any atom is -0.278 e. The van der Waals surface area contributed by atoms with Gasteiger partial charge >= 0.3 is 0 Å². The van der Waals surface area contributed by atoms with Gasteiger partial charge < -0.3 is 0 Å². The molecule has 0 saturated heterocycles. The molecule has 0 saturated carbocycles. The molecule has 2 heterocycles. The molecule has 0 spiro atoms. The van der Waals surface area contributed by atoms with Crippen molar-refractivity contribution < 1.29 is 0 Å². The SMILES string of the molecule is Cc1cc(C)cc(-n2c(CCl)nnc2-c2cccnc2)c1. The molecule has 5 heteroatoms. The molecule has 0 aliphatic carbocycles. The number of benzene rings is 1. The number of aryl methyl sites for hydroxylation is 2. The fourth-order valence-electron chi connectivity index (χ4n) is 2.44. The molecular weight excluding hydrogens is 284 g/mol. The second-order valence-corrected chi connectivity index (χ2v) is 5.26. The Bertz CT molecular complexity index is 745. The Balaban J connectivity index is 2.23. The van der Waals surface area contributed by atoms with Crippen molar-refractivity contribution in [1.29, 1.82) is 0 Å². The fourth-order valence-corrected chi connectivity index (χ4v) is 2.61. The second-order valence-electron chi connectivity index (χ2n) is 5.00. The van der Waals surface area contributed by atoms with Crippen LogP contribution in [0.4, 0.5) is 0 Å². The van der Waals surface area contributed by atoms with Crippen LogP contribution < -0.4 is 0 Å². The van der Waals surface area contributed by atoms with Gasteiger partial charge in [0.15, 0.2) is 11.6 Å². The maximum absolute atomic E-state index is 6.02. The summed E-state index contributed by atoms with van der Waals surface area (Å²) in [5, 5.41) is 8.48. The molecular formula is C16H15ClN4. The molecule has 1 aromatic carbocycles. The minimum atomic E-state index is 0.306. The summed E-state index contributed by atoms with van der Waals surface area (Å²) in [7, 11) is 0. The average Bonchev–Trinajstić information content (AvgIpc) is 2.91. The van der Waals surface area contributed by atoms with E-state index in [-0.39, 0.29) is 0 Å². The Kier molecular flexibility index (Phi) is 3.71. The van der Waals surface area contributed by atoms with Crippen LogP contribution in [0.1, 0.15) is 17.0 Å². The maximum Gasteiger partial charge on any atom is 0.170 e.